The summed E-state index contributed by atoms with van der Waals surface area (Å²) in [6.07, 6.45) is 6.40. The molecule has 0 spiro atoms. The van der Waals surface area contributed by atoms with Crippen LogP contribution in [-0.2, 0) is 6.54 Å². The summed E-state index contributed by atoms with van der Waals surface area (Å²) < 4.78 is 6.00. The lowest BCUT2D eigenvalue weighted by Crippen LogP contribution is -2.14. The predicted molar refractivity (Wildman–Crippen MR) is 92.3 cm³/mol. The molecule has 0 amide bonds. The zero-order valence-electron chi connectivity index (χ0n) is 13.6. The third kappa shape index (κ3) is 4.04. The van der Waals surface area contributed by atoms with Crippen LogP contribution < -0.4 is 10.1 Å². The van der Waals surface area contributed by atoms with Gasteiger partial charge in [0, 0.05) is 30.1 Å². The number of rotatable bonds is 6. The van der Waals surface area contributed by atoms with Crippen molar-refractivity contribution in [3.8, 4) is 11.9 Å². The van der Waals surface area contributed by atoms with Gasteiger partial charge in [-0.15, -0.1) is 0 Å². The monoisotopic (exact) mass is 338 g/mol. The van der Waals surface area contributed by atoms with Crippen LogP contribution in [0.15, 0.2) is 36.5 Å². The molecule has 0 aliphatic heterocycles. The normalized spacial score (nSPS) is 14.0. The van der Waals surface area contributed by atoms with E-state index in [1.807, 2.05) is 18.2 Å². The Morgan fingerprint density at radius 3 is 2.88 bits per heavy atom. The zero-order valence-corrected chi connectivity index (χ0v) is 13.6. The molecule has 1 aliphatic rings. The van der Waals surface area contributed by atoms with Crippen LogP contribution in [0.25, 0.3) is 0 Å². The Morgan fingerprint density at radius 1 is 1.36 bits per heavy atom. The average molecular weight is 338 g/mol. The highest BCUT2D eigenvalue weighted by molar-refractivity contribution is 5.58. The fourth-order valence-corrected chi connectivity index (χ4v) is 2.92. The molecule has 7 heteroatoms. The number of nitriles is 1. The molecule has 1 aliphatic carbocycles. The first kappa shape index (κ1) is 16.7. The number of benzene rings is 1. The first-order chi connectivity index (χ1) is 12.2. The summed E-state index contributed by atoms with van der Waals surface area (Å²) in [5, 5.41) is 23.1. The zero-order chi connectivity index (χ0) is 17.6. The van der Waals surface area contributed by atoms with E-state index in [-0.39, 0.29) is 17.4 Å². The summed E-state index contributed by atoms with van der Waals surface area (Å²) in [4.78, 5) is 14.7. The van der Waals surface area contributed by atoms with Gasteiger partial charge < -0.3 is 10.1 Å². The first-order valence-electron chi connectivity index (χ1n) is 8.20. The molecule has 3 rings (SSSR count). The minimum atomic E-state index is -0.559. The van der Waals surface area contributed by atoms with Crippen LogP contribution in [0.5, 0.6) is 5.88 Å². The van der Waals surface area contributed by atoms with Crippen molar-refractivity contribution >= 4 is 11.4 Å². The molecular formula is C18H18N4O3. The second-order valence-corrected chi connectivity index (χ2v) is 5.95. The van der Waals surface area contributed by atoms with Gasteiger partial charge in [0.05, 0.1) is 4.92 Å². The van der Waals surface area contributed by atoms with Gasteiger partial charge in [-0.3, -0.25) is 10.1 Å². The molecule has 1 saturated carbocycles. The average Bonchev–Trinajstić information content (AvgIpc) is 3.13. The standard InChI is InChI=1S/C18H18N4O3/c19-11-14-10-15(7-8-17(14)22(23)24)21-12-13-4-3-9-20-18(13)25-16-5-1-2-6-16/h3-4,7-10,16,21H,1-2,5-6,12H2. The van der Waals surface area contributed by atoms with E-state index in [1.54, 1.807) is 12.3 Å². The number of anilines is 1. The van der Waals surface area contributed by atoms with E-state index in [0.29, 0.717) is 18.1 Å². The van der Waals surface area contributed by atoms with Crippen molar-refractivity contribution in [2.75, 3.05) is 5.32 Å². The van der Waals surface area contributed by atoms with Gasteiger partial charge in [-0.1, -0.05) is 6.07 Å². The number of nitro groups is 1. The number of nitrogens with zero attached hydrogens (tertiary/aromatic N) is 3. The molecule has 1 N–H and O–H groups in total. The Labute approximate surface area is 145 Å². The first-order valence-corrected chi connectivity index (χ1v) is 8.20. The lowest BCUT2D eigenvalue weighted by Gasteiger charge is -2.16. The summed E-state index contributed by atoms with van der Waals surface area (Å²) in [7, 11) is 0. The quantitative estimate of drug-likeness (QED) is 0.635. The van der Waals surface area contributed by atoms with Crippen molar-refractivity contribution in [2.24, 2.45) is 0 Å². The summed E-state index contributed by atoms with van der Waals surface area (Å²) in [5.74, 6) is 0.615. The van der Waals surface area contributed by atoms with Gasteiger partial charge in [-0.2, -0.15) is 5.26 Å². The second-order valence-electron chi connectivity index (χ2n) is 5.95. The van der Waals surface area contributed by atoms with E-state index in [0.717, 1.165) is 18.4 Å². The number of nitro benzene ring substituents is 1. The molecule has 2 aromatic rings. The third-order valence-corrected chi connectivity index (χ3v) is 4.23. The van der Waals surface area contributed by atoms with Crippen LogP contribution in [-0.4, -0.2) is 16.0 Å². The molecule has 128 valence electrons. The van der Waals surface area contributed by atoms with E-state index in [4.69, 9.17) is 10.00 Å². The summed E-state index contributed by atoms with van der Waals surface area (Å²) in [6.45, 7) is 0.457. The molecule has 1 aromatic heterocycles. The molecule has 0 atom stereocenters. The molecule has 7 nitrogen and oxygen atoms in total. The lowest BCUT2D eigenvalue weighted by atomic mass is 10.1. The van der Waals surface area contributed by atoms with E-state index in [2.05, 4.69) is 10.3 Å². The van der Waals surface area contributed by atoms with E-state index in [9.17, 15) is 10.1 Å². The Balaban J connectivity index is 1.71. The molecular weight excluding hydrogens is 320 g/mol. The van der Waals surface area contributed by atoms with Crippen molar-refractivity contribution in [1.29, 1.82) is 5.26 Å². The Kier molecular flexibility index (Phi) is 5.09. The highest BCUT2D eigenvalue weighted by atomic mass is 16.6. The van der Waals surface area contributed by atoms with Crippen molar-refractivity contribution in [3.05, 3.63) is 57.8 Å². The summed E-state index contributed by atoms with van der Waals surface area (Å²) in [5.41, 5.74) is 1.38. The van der Waals surface area contributed by atoms with Crippen molar-refractivity contribution in [2.45, 2.75) is 38.3 Å². The maximum atomic E-state index is 10.9. The SMILES string of the molecule is N#Cc1cc(NCc2cccnc2OC2CCCC2)ccc1[N+](=O)[O-]. The molecule has 25 heavy (non-hydrogen) atoms. The molecule has 0 unspecified atom stereocenters. The fourth-order valence-electron chi connectivity index (χ4n) is 2.92. The minimum absolute atomic E-state index is 0.0311. The topological polar surface area (TPSA) is 101 Å². The van der Waals surface area contributed by atoms with Crippen LogP contribution in [0.1, 0.15) is 36.8 Å². The lowest BCUT2D eigenvalue weighted by molar-refractivity contribution is -0.385. The number of aromatic nitrogens is 1. The minimum Gasteiger partial charge on any atom is -0.474 e. The van der Waals surface area contributed by atoms with Gasteiger partial charge in [-0.05, 0) is 43.9 Å². The van der Waals surface area contributed by atoms with Crippen LogP contribution in [0, 0.1) is 21.4 Å². The summed E-state index contributed by atoms with van der Waals surface area (Å²) in [6, 6.07) is 10.0. The number of pyridine rings is 1. The van der Waals surface area contributed by atoms with Gasteiger partial charge >= 0.3 is 0 Å². The molecule has 0 saturated heterocycles. The van der Waals surface area contributed by atoms with Crippen molar-refractivity contribution < 1.29 is 9.66 Å². The Morgan fingerprint density at radius 2 is 2.16 bits per heavy atom. The highest BCUT2D eigenvalue weighted by Crippen LogP contribution is 2.26. The van der Waals surface area contributed by atoms with Gasteiger partial charge in [0.1, 0.15) is 17.7 Å². The predicted octanol–water partition coefficient (Wildman–Crippen LogP) is 3.79. The van der Waals surface area contributed by atoms with Crippen LogP contribution >= 0.6 is 0 Å². The number of nitrogens with one attached hydrogen (secondary N) is 1. The largest absolute Gasteiger partial charge is 0.474 e. The van der Waals surface area contributed by atoms with E-state index >= 15 is 0 Å². The summed E-state index contributed by atoms with van der Waals surface area (Å²) >= 11 is 0. The van der Waals surface area contributed by atoms with Gasteiger partial charge in [0.15, 0.2) is 0 Å². The number of hydrogen-bond acceptors (Lipinski definition) is 6. The fraction of sp³-hybridized carbons (Fsp3) is 0.333. The highest BCUT2D eigenvalue weighted by Gasteiger charge is 2.19. The van der Waals surface area contributed by atoms with Gasteiger partial charge in [0.2, 0.25) is 5.88 Å². The number of ether oxygens (including phenoxy) is 1. The molecule has 0 bridgehead atoms. The van der Waals surface area contributed by atoms with E-state index in [1.165, 1.54) is 25.0 Å². The van der Waals surface area contributed by atoms with E-state index < -0.39 is 4.92 Å². The number of hydrogen-bond donors (Lipinski definition) is 1. The second kappa shape index (κ2) is 7.62. The van der Waals surface area contributed by atoms with Crippen LogP contribution in [0.3, 0.4) is 0 Å². The Hall–Kier alpha value is -3.14. The molecule has 1 fully saturated rings. The van der Waals surface area contributed by atoms with Crippen LogP contribution in [0.4, 0.5) is 11.4 Å². The molecule has 1 aromatic carbocycles. The molecule has 0 radical (unpaired) electrons. The Bertz CT molecular complexity index is 810. The van der Waals surface area contributed by atoms with Gasteiger partial charge in [0.25, 0.3) is 5.69 Å². The smallest absolute Gasteiger partial charge is 0.287 e. The van der Waals surface area contributed by atoms with Gasteiger partial charge in [-0.25, -0.2) is 4.98 Å². The maximum absolute atomic E-state index is 10.9. The maximum Gasteiger partial charge on any atom is 0.287 e. The van der Waals surface area contributed by atoms with Crippen molar-refractivity contribution in [1.82, 2.24) is 4.98 Å². The molecule has 1 heterocycles. The van der Waals surface area contributed by atoms with Crippen LogP contribution in [0.2, 0.25) is 0 Å². The van der Waals surface area contributed by atoms with Crippen molar-refractivity contribution in [3.63, 3.8) is 0 Å². The third-order valence-electron chi connectivity index (χ3n) is 4.23.